The van der Waals surface area contributed by atoms with Crippen molar-refractivity contribution in [2.24, 2.45) is 5.92 Å². The molecule has 0 saturated carbocycles. The molecule has 1 saturated heterocycles. The molecular formula is C11H23NO3. The zero-order valence-electron chi connectivity index (χ0n) is 9.74. The molecule has 0 bridgehead atoms. The summed E-state index contributed by atoms with van der Waals surface area (Å²) in [7, 11) is 1.61. The first-order valence-corrected chi connectivity index (χ1v) is 5.72. The molecule has 0 aliphatic carbocycles. The third-order valence-corrected chi connectivity index (χ3v) is 2.97. The summed E-state index contributed by atoms with van der Waals surface area (Å²) in [6.07, 6.45) is 1.54. The summed E-state index contributed by atoms with van der Waals surface area (Å²) in [5.41, 5.74) is 0. The standard InChI is InChI=1S/C11H23NO3/c1-9(10-4-6-15-7-10)12-5-3-11(13)8-14-2/h9-13H,3-8H2,1-2H3. The van der Waals surface area contributed by atoms with Crippen molar-refractivity contribution < 1.29 is 14.6 Å². The summed E-state index contributed by atoms with van der Waals surface area (Å²) in [5.74, 6) is 0.629. The van der Waals surface area contributed by atoms with Crippen LogP contribution in [0.3, 0.4) is 0 Å². The molecule has 0 amide bonds. The smallest absolute Gasteiger partial charge is 0.0785 e. The minimum absolute atomic E-state index is 0.352. The molecule has 2 N–H and O–H groups in total. The average Bonchev–Trinajstić information content (AvgIpc) is 2.70. The van der Waals surface area contributed by atoms with Gasteiger partial charge in [0.25, 0.3) is 0 Å². The lowest BCUT2D eigenvalue weighted by Crippen LogP contribution is -2.36. The molecule has 3 atom stereocenters. The first-order chi connectivity index (χ1) is 7.24. The van der Waals surface area contributed by atoms with Gasteiger partial charge < -0.3 is 19.9 Å². The van der Waals surface area contributed by atoms with E-state index in [0.29, 0.717) is 18.6 Å². The van der Waals surface area contributed by atoms with Gasteiger partial charge in [0.15, 0.2) is 0 Å². The van der Waals surface area contributed by atoms with Gasteiger partial charge in [0.1, 0.15) is 0 Å². The maximum absolute atomic E-state index is 9.44. The fraction of sp³-hybridized carbons (Fsp3) is 1.00. The Bertz CT molecular complexity index is 160. The van der Waals surface area contributed by atoms with E-state index >= 15 is 0 Å². The molecule has 0 aromatic carbocycles. The number of nitrogens with one attached hydrogen (secondary N) is 1. The van der Waals surface area contributed by atoms with Gasteiger partial charge in [0, 0.05) is 19.8 Å². The third-order valence-electron chi connectivity index (χ3n) is 2.97. The predicted molar refractivity (Wildman–Crippen MR) is 58.9 cm³/mol. The number of aliphatic hydroxyl groups is 1. The van der Waals surface area contributed by atoms with E-state index in [1.807, 2.05) is 0 Å². The van der Waals surface area contributed by atoms with Crippen molar-refractivity contribution in [2.75, 3.05) is 33.5 Å². The van der Waals surface area contributed by atoms with Crippen LogP contribution in [0.5, 0.6) is 0 Å². The highest BCUT2D eigenvalue weighted by Crippen LogP contribution is 2.16. The first-order valence-electron chi connectivity index (χ1n) is 5.72. The molecule has 0 aromatic heterocycles. The van der Waals surface area contributed by atoms with Crippen molar-refractivity contribution in [2.45, 2.75) is 31.9 Å². The molecule has 90 valence electrons. The van der Waals surface area contributed by atoms with E-state index in [2.05, 4.69) is 12.2 Å². The normalized spacial score (nSPS) is 25.4. The summed E-state index contributed by atoms with van der Waals surface area (Å²) in [5, 5.41) is 12.9. The van der Waals surface area contributed by atoms with Crippen LogP contribution in [0.2, 0.25) is 0 Å². The number of rotatable bonds is 7. The molecule has 0 spiro atoms. The topological polar surface area (TPSA) is 50.7 Å². The van der Waals surface area contributed by atoms with Crippen LogP contribution in [0.1, 0.15) is 19.8 Å². The lowest BCUT2D eigenvalue weighted by Gasteiger charge is -2.20. The Kier molecular flexibility index (Phi) is 6.17. The number of methoxy groups -OCH3 is 1. The van der Waals surface area contributed by atoms with E-state index in [1.165, 1.54) is 0 Å². The van der Waals surface area contributed by atoms with Gasteiger partial charge >= 0.3 is 0 Å². The number of aliphatic hydroxyl groups excluding tert-OH is 1. The molecule has 15 heavy (non-hydrogen) atoms. The fourth-order valence-electron chi connectivity index (χ4n) is 1.87. The summed E-state index contributed by atoms with van der Waals surface area (Å²) < 4.78 is 10.2. The zero-order valence-corrected chi connectivity index (χ0v) is 9.74. The van der Waals surface area contributed by atoms with Gasteiger partial charge in [0.05, 0.1) is 19.3 Å². The Hall–Kier alpha value is -0.160. The van der Waals surface area contributed by atoms with Gasteiger partial charge in [-0.15, -0.1) is 0 Å². The fourth-order valence-corrected chi connectivity index (χ4v) is 1.87. The average molecular weight is 217 g/mol. The molecule has 3 unspecified atom stereocenters. The van der Waals surface area contributed by atoms with Crippen LogP contribution in [0.25, 0.3) is 0 Å². The SMILES string of the molecule is COCC(O)CCNC(C)C1CCOC1. The van der Waals surface area contributed by atoms with E-state index in [9.17, 15) is 5.11 Å². The van der Waals surface area contributed by atoms with Gasteiger partial charge in [-0.2, -0.15) is 0 Å². The Morgan fingerprint density at radius 1 is 1.60 bits per heavy atom. The lowest BCUT2D eigenvalue weighted by atomic mass is 10.0. The predicted octanol–water partition coefficient (Wildman–Crippen LogP) is 0.398. The van der Waals surface area contributed by atoms with Crippen molar-refractivity contribution in [3.63, 3.8) is 0 Å². The van der Waals surface area contributed by atoms with Crippen molar-refractivity contribution in [3.05, 3.63) is 0 Å². The number of hydrogen-bond acceptors (Lipinski definition) is 4. The highest BCUT2D eigenvalue weighted by Gasteiger charge is 2.21. The maximum atomic E-state index is 9.44. The molecular weight excluding hydrogens is 194 g/mol. The summed E-state index contributed by atoms with van der Waals surface area (Å²) >= 11 is 0. The Morgan fingerprint density at radius 2 is 2.40 bits per heavy atom. The molecule has 4 heteroatoms. The summed E-state index contributed by atoms with van der Waals surface area (Å²) in [6, 6.07) is 0.474. The highest BCUT2D eigenvalue weighted by atomic mass is 16.5. The van der Waals surface area contributed by atoms with Crippen LogP contribution in [-0.2, 0) is 9.47 Å². The van der Waals surface area contributed by atoms with Crippen LogP contribution in [0.15, 0.2) is 0 Å². The molecule has 1 fully saturated rings. The molecule has 1 rings (SSSR count). The van der Waals surface area contributed by atoms with Crippen molar-refractivity contribution >= 4 is 0 Å². The van der Waals surface area contributed by atoms with Gasteiger partial charge in [-0.25, -0.2) is 0 Å². The van der Waals surface area contributed by atoms with Gasteiger partial charge in [-0.05, 0) is 32.2 Å². The first kappa shape index (κ1) is 12.9. The molecule has 1 aliphatic heterocycles. The van der Waals surface area contributed by atoms with E-state index in [0.717, 1.165) is 32.6 Å². The second kappa shape index (κ2) is 7.17. The summed E-state index contributed by atoms with van der Waals surface area (Å²) in [6.45, 7) is 5.20. The highest BCUT2D eigenvalue weighted by molar-refractivity contribution is 4.75. The van der Waals surface area contributed by atoms with Crippen LogP contribution in [0, 0.1) is 5.92 Å². The molecule has 0 aromatic rings. The van der Waals surface area contributed by atoms with Crippen LogP contribution in [-0.4, -0.2) is 50.7 Å². The van der Waals surface area contributed by atoms with Gasteiger partial charge in [-0.1, -0.05) is 0 Å². The van der Waals surface area contributed by atoms with Crippen molar-refractivity contribution in [1.29, 1.82) is 0 Å². The third kappa shape index (κ3) is 4.93. The van der Waals surface area contributed by atoms with E-state index in [1.54, 1.807) is 7.11 Å². The van der Waals surface area contributed by atoms with Crippen molar-refractivity contribution in [3.8, 4) is 0 Å². The minimum atomic E-state index is -0.352. The van der Waals surface area contributed by atoms with E-state index < -0.39 is 0 Å². The van der Waals surface area contributed by atoms with Crippen molar-refractivity contribution in [1.82, 2.24) is 5.32 Å². The minimum Gasteiger partial charge on any atom is -0.391 e. The zero-order chi connectivity index (χ0) is 11.1. The van der Waals surface area contributed by atoms with Gasteiger partial charge in [0.2, 0.25) is 0 Å². The molecule has 1 heterocycles. The van der Waals surface area contributed by atoms with Crippen LogP contribution < -0.4 is 5.32 Å². The largest absolute Gasteiger partial charge is 0.391 e. The number of hydrogen-bond donors (Lipinski definition) is 2. The Morgan fingerprint density at radius 3 is 3.00 bits per heavy atom. The Balaban J connectivity index is 2.03. The van der Waals surface area contributed by atoms with Crippen LogP contribution in [0.4, 0.5) is 0 Å². The molecule has 1 aliphatic rings. The molecule has 0 radical (unpaired) electrons. The van der Waals surface area contributed by atoms with Crippen LogP contribution >= 0.6 is 0 Å². The Labute approximate surface area is 92.0 Å². The van der Waals surface area contributed by atoms with E-state index in [-0.39, 0.29) is 6.10 Å². The monoisotopic (exact) mass is 217 g/mol. The second-order valence-corrected chi connectivity index (χ2v) is 4.26. The second-order valence-electron chi connectivity index (χ2n) is 4.26. The summed E-state index contributed by atoms with van der Waals surface area (Å²) in [4.78, 5) is 0. The van der Waals surface area contributed by atoms with Gasteiger partial charge in [-0.3, -0.25) is 0 Å². The van der Waals surface area contributed by atoms with E-state index in [4.69, 9.17) is 9.47 Å². The maximum Gasteiger partial charge on any atom is 0.0785 e. The quantitative estimate of drug-likeness (QED) is 0.648. The number of ether oxygens (including phenoxy) is 2. The lowest BCUT2D eigenvalue weighted by molar-refractivity contribution is 0.0586. The molecule has 4 nitrogen and oxygen atoms in total.